The third-order valence-corrected chi connectivity index (χ3v) is 6.20. The van der Waals surface area contributed by atoms with Crippen molar-refractivity contribution in [3.8, 4) is 17.2 Å². The molecule has 0 radical (unpaired) electrons. The molecule has 1 aliphatic rings. The molecule has 1 aromatic heterocycles. The Labute approximate surface area is 195 Å². The average molecular weight is 474 g/mol. The van der Waals surface area contributed by atoms with Gasteiger partial charge in [-0.3, -0.25) is 4.79 Å². The van der Waals surface area contributed by atoms with Gasteiger partial charge in [0.15, 0.2) is 0 Å². The number of hydrogen-bond donors (Lipinski definition) is 1. The van der Waals surface area contributed by atoms with Crippen LogP contribution in [0.25, 0.3) is 11.5 Å². The highest BCUT2D eigenvalue weighted by atomic mass is 35.5. The Bertz CT molecular complexity index is 1080. The molecule has 0 aliphatic carbocycles. The number of para-hydroxylation sites is 1. The number of hydrogen-bond acceptors (Lipinski definition) is 8. The van der Waals surface area contributed by atoms with Crippen LogP contribution in [0.3, 0.4) is 0 Å². The topological polar surface area (TPSA) is 83.7 Å². The minimum atomic E-state index is -0.176. The molecule has 2 heterocycles. The molecule has 1 saturated heterocycles. The van der Waals surface area contributed by atoms with E-state index in [0.717, 1.165) is 31.9 Å². The van der Waals surface area contributed by atoms with Crippen molar-refractivity contribution in [1.29, 1.82) is 0 Å². The normalized spacial score (nSPS) is 14.4. The maximum absolute atomic E-state index is 12.6. The summed E-state index contributed by atoms with van der Waals surface area (Å²) in [4.78, 5) is 17.2. The van der Waals surface area contributed by atoms with Crippen molar-refractivity contribution >= 4 is 40.6 Å². The summed E-state index contributed by atoms with van der Waals surface area (Å²) in [6, 6.07) is 13.0. The van der Waals surface area contributed by atoms with E-state index < -0.39 is 0 Å². The van der Waals surface area contributed by atoms with Crippen LogP contribution in [0.5, 0.6) is 5.75 Å². The Morgan fingerprint density at radius 3 is 2.75 bits per heavy atom. The van der Waals surface area contributed by atoms with E-state index in [1.807, 2.05) is 36.4 Å². The minimum absolute atomic E-state index is 0.127. The van der Waals surface area contributed by atoms with Crippen molar-refractivity contribution < 1.29 is 13.9 Å². The summed E-state index contributed by atoms with van der Waals surface area (Å²) >= 11 is 7.37. The van der Waals surface area contributed by atoms with Crippen LogP contribution < -0.4 is 15.0 Å². The molecule has 0 bridgehead atoms. The SMILES string of the molecule is COc1ccccc1-c1nnc(SCC(=O)Nc2cc(Cl)ccc2N2CCN(C)CC2)o1. The van der Waals surface area contributed by atoms with E-state index in [1.54, 1.807) is 13.2 Å². The molecule has 1 fully saturated rings. The first-order valence-corrected chi connectivity index (χ1v) is 11.5. The van der Waals surface area contributed by atoms with Gasteiger partial charge in [0.1, 0.15) is 5.75 Å². The molecule has 0 unspecified atom stereocenters. The van der Waals surface area contributed by atoms with Gasteiger partial charge in [0.2, 0.25) is 5.91 Å². The predicted molar refractivity (Wildman–Crippen MR) is 127 cm³/mol. The van der Waals surface area contributed by atoms with Crippen LogP contribution in [-0.4, -0.2) is 67.1 Å². The average Bonchev–Trinajstić information content (AvgIpc) is 3.27. The number of nitrogens with one attached hydrogen (secondary N) is 1. The molecule has 168 valence electrons. The fourth-order valence-corrected chi connectivity index (χ4v) is 4.18. The van der Waals surface area contributed by atoms with Crippen molar-refractivity contribution in [3.63, 3.8) is 0 Å². The van der Waals surface area contributed by atoms with Gasteiger partial charge in [-0.25, -0.2) is 0 Å². The fourth-order valence-electron chi connectivity index (χ4n) is 3.44. The predicted octanol–water partition coefficient (Wildman–Crippen LogP) is 3.88. The Morgan fingerprint density at radius 2 is 1.97 bits per heavy atom. The Hall–Kier alpha value is -2.75. The molecule has 8 nitrogen and oxygen atoms in total. The van der Waals surface area contributed by atoms with Gasteiger partial charge in [0.25, 0.3) is 11.1 Å². The van der Waals surface area contributed by atoms with E-state index >= 15 is 0 Å². The summed E-state index contributed by atoms with van der Waals surface area (Å²) in [5.74, 6) is 0.937. The number of carbonyl (C=O) groups excluding carboxylic acids is 1. The second-order valence-corrected chi connectivity index (χ2v) is 8.73. The van der Waals surface area contributed by atoms with Crippen LogP contribution in [0.2, 0.25) is 5.02 Å². The highest BCUT2D eigenvalue weighted by Crippen LogP contribution is 2.32. The molecule has 2 aromatic carbocycles. The second kappa shape index (κ2) is 10.2. The van der Waals surface area contributed by atoms with Crippen molar-refractivity contribution in [1.82, 2.24) is 15.1 Å². The maximum atomic E-state index is 12.6. The van der Waals surface area contributed by atoms with E-state index in [1.165, 1.54) is 11.8 Å². The lowest BCUT2D eigenvalue weighted by Crippen LogP contribution is -2.44. The van der Waals surface area contributed by atoms with Crippen LogP contribution in [-0.2, 0) is 4.79 Å². The molecule has 1 aliphatic heterocycles. The largest absolute Gasteiger partial charge is 0.496 e. The van der Waals surface area contributed by atoms with Crippen molar-refractivity contribution in [2.45, 2.75) is 5.22 Å². The molecule has 0 atom stereocenters. The zero-order valence-corrected chi connectivity index (χ0v) is 19.4. The number of nitrogens with zero attached hydrogens (tertiary/aromatic N) is 4. The molecule has 0 saturated carbocycles. The van der Waals surface area contributed by atoms with Gasteiger partial charge in [-0.2, -0.15) is 0 Å². The van der Waals surface area contributed by atoms with Gasteiger partial charge < -0.3 is 24.3 Å². The lowest BCUT2D eigenvalue weighted by molar-refractivity contribution is -0.113. The summed E-state index contributed by atoms with van der Waals surface area (Å²) in [5.41, 5.74) is 2.37. The summed E-state index contributed by atoms with van der Waals surface area (Å²) in [6.07, 6.45) is 0. The third-order valence-electron chi connectivity index (χ3n) is 5.15. The lowest BCUT2D eigenvalue weighted by Gasteiger charge is -2.35. The highest BCUT2D eigenvalue weighted by Gasteiger charge is 2.19. The minimum Gasteiger partial charge on any atom is -0.496 e. The fraction of sp³-hybridized carbons (Fsp3) is 0.318. The number of likely N-dealkylation sites (N-methyl/N-ethyl adjacent to an activating group) is 1. The Morgan fingerprint density at radius 1 is 1.19 bits per heavy atom. The summed E-state index contributed by atoms with van der Waals surface area (Å²) < 4.78 is 11.0. The van der Waals surface area contributed by atoms with Crippen LogP contribution in [0.4, 0.5) is 11.4 Å². The molecule has 4 rings (SSSR count). The first kappa shape index (κ1) is 22.4. The number of piperazine rings is 1. The number of amides is 1. The van der Waals surface area contributed by atoms with E-state index in [9.17, 15) is 4.79 Å². The molecule has 1 amide bonds. The second-order valence-electron chi connectivity index (χ2n) is 7.36. The van der Waals surface area contributed by atoms with Crippen molar-refractivity contribution in [2.24, 2.45) is 0 Å². The van der Waals surface area contributed by atoms with Gasteiger partial charge >= 0.3 is 0 Å². The summed E-state index contributed by atoms with van der Waals surface area (Å²) in [6.45, 7) is 3.72. The lowest BCUT2D eigenvalue weighted by atomic mass is 10.2. The molecule has 1 N–H and O–H groups in total. The van der Waals surface area contributed by atoms with E-state index in [0.29, 0.717) is 33.1 Å². The zero-order chi connectivity index (χ0) is 22.5. The first-order valence-electron chi connectivity index (χ1n) is 10.2. The van der Waals surface area contributed by atoms with E-state index in [-0.39, 0.29) is 11.7 Å². The number of aromatic nitrogens is 2. The van der Waals surface area contributed by atoms with Gasteiger partial charge in [-0.05, 0) is 37.4 Å². The number of anilines is 2. The zero-order valence-electron chi connectivity index (χ0n) is 17.9. The van der Waals surface area contributed by atoms with Crippen LogP contribution in [0, 0.1) is 0 Å². The van der Waals surface area contributed by atoms with E-state index in [4.69, 9.17) is 20.8 Å². The molecule has 0 spiro atoms. The van der Waals surface area contributed by atoms with Crippen LogP contribution in [0.1, 0.15) is 0 Å². The number of rotatable bonds is 7. The van der Waals surface area contributed by atoms with Crippen molar-refractivity contribution in [2.75, 3.05) is 56.3 Å². The third kappa shape index (κ3) is 5.35. The quantitative estimate of drug-likeness (QED) is 0.517. The standard InChI is InChI=1S/C22H24ClN5O3S/c1-27-9-11-28(12-10-27)18-8-7-15(23)13-17(18)24-20(29)14-32-22-26-25-21(31-22)16-5-3-4-6-19(16)30-2/h3-8,13H,9-12,14H2,1-2H3,(H,24,29). The number of thioether (sulfide) groups is 1. The molecule has 10 heteroatoms. The number of halogens is 1. The van der Waals surface area contributed by atoms with Crippen molar-refractivity contribution in [3.05, 3.63) is 47.5 Å². The molecule has 3 aromatic rings. The first-order chi connectivity index (χ1) is 15.5. The number of methoxy groups -OCH3 is 1. The number of ether oxygens (including phenoxy) is 1. The highest BCUT2D eigenvalue weighted by molar-refractivity contribution is 7.99. The van der Waals surface area contributed by atoms with Gasteiger partial charge in [-0.1, -0.05) is 35.5 Å². The maximum Gasteiger partial charge on any atom is 0.277 e. The number of benzene rings is 2. The van der Waals surface area contributed by atoms with Crippen LogP contribution >= 0.6 is 23.4 Å². The number of carbonyl (C=O) groups is 1. The molecule has 32 heavy (non-hydrogen) atoms. The van der Waals surface area contributed by atoms with Gasteiger partial charge in [-0.15, -0.1) is 10.2 Å². The Kier molecular flexibility index (Phi) is 7.19. The molecular weight excluding hydrogens is 450 g/mol. The Balaban J connectivity index is 1.40. The monoisotopic (exact) mass is 473 g/mol. The van der Waals surface area contributed by atoms with Gasteiger partial charge in [0.05, 0.1) is 29.8 Å². The summed E-state index contributed by atoms with van der Waals surface area (Å²) in [7, 11) is 3.69. The smallest absolute Gasteiger partial charge is 0.277 e. The van der Waals surface area contributed by atoms with Crippen LogP contribution in [0.15, 0.2) is 52.1 Å². The van der Waals surface area contributed by atoms with Gasteiger partial charge in [0, 0.05) is 31.2 Å². The van der Waals surface area contributed by atoms with E-state index in [2.05, 4.69) is 32.4 Å². The summed E-state index contributed by atoms with van der Waals surface area (Å²) in [5, 5.41) is 12.0. The molecular formula is C22H24ClN5O3S.